The number of nitrogens with one attached hydrogen (secondary N) is 1. The molecule has 0 aliphatic rings. The minimum atomic E-state index is -0.152. The van der Waals surface area contributed by atoms with Crippen molar-refractivity contribution < 1.29 is 23.5 Å². The molecule has 29 heavy (non-hydrogen) atoms. The monoisotopic (exact) mass is 397 g/mol. The molecule has 0 aliphatic carbocycles. The third-order valence-corrected chi connectivity index (χ3v) is 4.29. The topological polar surface area (TPSA) is 95.7 Å². The molecule has 1 amide bonds. The number of ether oxygens (including phenoxy) is 3. The fourth-order valence-electron chi connectivity index (χ4n) is 2.72. The van der Waals surface area contributed by atoms with E-state index >= 15 is 0 Å². The Labute approximate surface area is 168 Å². The molecule has 0 spiro atoms. The summed E-state index contributed by atoms with van der Waals surface area (Å²) in [5, 5.41) is 6.96. The standard InChI is InChI=1S/C21H23N3O5/c1-12(2)20(25)22-15-9-7-6-8-14(15)21-23-19(24-29-21)13-10-16(26-3)18(28-5)17(11-13)27-4/h6-12H,1-5H3,(H,22,25). The lowest BCUT2D eigenvalue weighted by atomic mass is 10.1. The first-order valence-corrected chi connectivity index (χ1v) is 9.02. The van der Waals surface area contributed by atoms with Gasteiger partial charge in [-0.05, 0) is 24.3 Å². The summed E-state index contributed by atoms with van der Waals surface area (Å²) in [6.45, 7) is 3.65. The molecule has 8 heteroatoms. The van der Waals surface area contributed by atoms with Crippen molar-refractivity contribution >= 4 is 11.6 Å². The normalized spacial score (nSPS) is 10.7. The summed E-state index contributed by atoms with van der Waals surface area (Å²) in [5.74, 6) is 1.83. The Morgan fingerprint density at radius 1 is 1.03 bits per heavy atom. The van der Waals surface area contributed by atoms with Gasteiger partial charge >= 0.3 is 0 Å². The maximum absolute atomic E-state index is 12.1. The molecular formula is C21H23N3O5. The second-order valence-electron chi connectivity index (χ2n) is 6.53. The first-order chi connectivity index (χ1) is 14.0. The average molecular weight is 397 g/mol. The van der Waals surface area contributed by atoms with Crippen LogP contribution in [0.1, 0.15) is 13.8 Å². The summed E-state index contributed by atoms with van der Waals surface area (Å²) < 4.78 is 21.6. The van der Waals surface area contributed by atoms with Crippen molar-refractivity contribution in [3.05, 3.63) is 36.4 Å². The summed E-state index contributed by atoms with van der Waals surface area (Å²) in [4.78, 5) is 16.6. The van der Waals surface area contributed by atoms with E-state index in [1.54, 1.807) is 18.2 Å². The number of anilines is 1. The third kappa shape index (κ3) is 4.16. The van der Waals surface area contributed by atoms with Gasteiger partial charge in [-0.25, -0.2) is 0 Å². The van der Waals surface area contributed by atoms with E-state index in [2.05, 4.69) is 15.5 Å². The Hall–Kier alpha value is -3.55. The number of methoxy groups -OCH3 is 3. The predicted octanol–water partition coefficient (Wildman–Crippen LogP) is 4.02. The van der Waals surface area contributed by atoms with Crippen LogP contribution in [0.3, 0.4) is 0 Å². The quantitative estimate of drug-likeness (QED) is 0.643. The lowest BCUT2D eigenvalue weighted by Crippen LogP contribution is -2.18. The Morgan fingerprint density at radius 3 is 2.28 bits per heavy atom. The first-order valence-electron chi connectivity index (χ1n) is 9.02. The lowest BCUT2D eigenvalue weighted by Gasteiger charge is -2.12. The summed E-state index contributed by atoms with van der Waals surface area (Å²) in [6, 6.07) is 10.7. The van der Waals surface area contributed by atoms with Crippen molar-refractivity contribution in [2.24, 2.45) is 5.92 Å². The number of benzene rings is 2. The highest BCUT2D eigenvalue weighted by Crippen LogP contribution is 2.41. The molecule has 1 heterocycles. The maximum atomic E-state index is 12.1. The van der Waals surface area contributed by atoms with Crippen molar-refractivity contribution in [3.8, 4) is 40.1 Å². The molecule has 3 aromatic rings. The molecule has 0 saturated heterocycles. The molecule has 0 atom stereocenters. The molecule has 0 radical (unpaired) electrons. The number of hydrogen-bond acceptors (Lipinski definition) is 7. The summed E-state index contributed by atoms with van der Waals surface area (Å²) in [7, 11) is 4.61. The highest BCUT2D eigenvalue weighted by atomic mass is 16.5. The molecule has 1 N–H and O–H groups in total. The van der Waals surface area contributed by atoms with Crippen LogP contribution in [0, 0.1) is 5.92 Å². The second-order valence-corrected chi connectivity index (χ2v) is 6.53. The zero-order chi connectivity index (χ0) is 21.0. The van der Waals surface area contributed by atoms with Gasteiger partial charge in [0.2, 0.25) is 17.5 Å². The number of nitrogens with zero attached hydrogens (tertiary/aromatic N) is 2. The summed E-state index contributed by atoms with van der Waals surface area (Å²) in [6.07, 6.45) is 0. The molecule has 2 aromatic carbocycles. The number of carbonyl (C=O) groups excluding carboxylic acids is 1. The largest absolute Gasteiger partial charge is 0.493 e. The van der Waals surface area contributed by atoms with Crippen LogP contribution < -0.4 is 19.5 Å². The van der Waals surface area contributed by atoms with Gasteiger partial charge in [0.15, 0.2) is 11.5 Å². The van der Waals surface area contributed by atoms with Crippen molar-refractivity contribution in [3.63, 3.8) is 0 Å². The van der Waals surface area contributed by atoms with Gasteiger partial charge in [-0.2, -0.15) is 4.98 Å². The maximum Gasteiger partial charge on any atom is 0.260 e. The number of para-hydroxylation sites is 1. The third-order valence-electron chi connectivity index (χ3n) is 4.29. The molecule has 0 aliphatic heterocycles. The summed E-state index contributed by atoms with van der Waals surface area (Å²) >= 11 is 0. The van der Waals surface area contributed by atoms with Crippen molar-refractivity contribution in [2.75, 3.05) is 26.6 Å². The van der Waals surface area contributed by atoms with Gasteiger partial charge in [0.1, 0.15) is 0 Å². The SMILES string of the molecule is COc1cc(-c2noc(-c3ccccc3NC(=O)C(C)C)n2)cc(OC)c1OC. The van der Waals surface area contributed by atoms with Crippen LogP contribution in [0.25, 0.3) is 22.8 Å². The van der Waals surface area contributed by atoms with Crippen molar-refractivity contribution in [2.45, 2.75) is 13.8 Å². The predicted molar refractivity (Wildman–Crippen MR) is 108 cm³/mol. The summed E-state index contributed by atoms with van der Waals surface area (Å²) in [5.41, 5.74) is 1.87. The Bertz CT molecular complexity index is 988. The van der Waals surface area contributed by atoms with E-state index in [-0.39, 0.29) is 17.7 Å². The van der Waals surface area contributed by atoms with Gasteiger partial charge in [-0.3, -0.25) is 4.79 Å². The van der Waals surface area contributed by atoms with E-state index in [0.717, 1.165) is 0 Å². The van der Waals surface area contributed by atoms with Crippen LogP contribution in [0.15, 0.2) is 40.9 Å². The van der Waals surface area contributed by atoms with Crippen LogP contribution in [0.2, 0.25) is 0 Å². The zero-order valence-electron chi connectivity index (χ0n) is 17.0. The molecule has 1 aromatic heterocycles. The molecule has 8 nitrogen and oxygen atoms in total. The van der Waals surface area contributed by atoms with Gasteiger partial charge in [0, 0.05) is 11.5 Å². The van der Waals surface area contributed by atoms with Crippen LogP contribution >= 0.6 is 0 Å². The lowest BCUT2D eigenvalue weighted by molar-refractivity contribution is -0.118. The molecule has 0 bridgehead atoms. The molecule has 0 unspecified atom stereocenters. The van der Waals surface area contributed by atoms with Crippen molar-refractivity contribution in [1.82, 2.24) is 10.1 Å². The molecular weight excluding hydrogens is 374 g/mol. The number of amides is 1. The van der Waals surface area contributed by atoms with E-state index in [9.17, 15) is 4.79 Å². The Morgan fingerprint density at radius 2 is 1.69 bits per heavy atom. The van der Waals surface area contributed by atoms with Gasteiger partial charge < -0.3 is 24.1 Å². The fraction of sp³-hybridized carbons (Fsp3) is 0.286. The fourth-order valence-corrected chi connectivity index (χ4v) is 2.72. The number of aromatic nitrogens is 2. The van der Waals surface area contributed by atoms with E-state index in [4.69, 9.17) is 18.7 Å². The Kier molecular flexibility index (Phi) is 6.01. The molecule has 0 saturated carbocycles. The molecule has 3 rings (SSSR count). The second kappa shape index (κ2) is 8.64. The van der Waals surface area contributed by atoms with Crippen LogP contribution in [0.4, 0.5) is 5.69 Å². The molecule has 0 fully saturated rings. The van der Waals surface area contributed by atoms with Crippen molar-refractivity contribution in [1.29, 1.82) is 0 Å². The van der Waals surface area contributed by atoms with E-state index in [1.165, 1.54) is 21.3 Å². The van der Waals surface area contributed by atoms with E-state index in [1.807, 2.05) is 32.0 Å². The van der Waals surface area contributed by atoms with Crippen LogP contribution in [0.5, 0.6) is 17.2 Å². The van der Waals surface area contributed by atoms with Crippen LogP contribution in [-0.2, 0) is 4.79 Å². The average Bonchev–Trinajstić information content (AvgIpc) is 3.22. The highest BCUT2D eigenvalue weighted by Gasteiger charge is 2.19. The minimum Gasteiger partial charge on any atom is -0.493 e. The Balaban J connectivity index is 2.00. The number of rotatable bonds is 7. The van der Waals surface area contributed by atoms with E-state index < -0.39 is 0 Å². The van der Waals surface area contributed by atoms with E-state index in [0.29, 0.717) is 39.9 Å². The smallest absolute Gasteiger partial charge is 0.260 e. The highest BCUT2D eigenvalue weighted by molar-refractivity contribution is 5.95. The number of hydrogen-bond donors (Lipinski definition) is 1. The number of carbonyl (C=O) groups is 1. The minimum absolute atomic E-state index is 0.0955. The molecule has 152 valence electrons. The first kappa shape index (κ1) is 20.2. The van der Waals surface area contributed by atoms with Gasteiger partial charge in [-0.1, -0.05) is 31.1 Å². The van der Waals surface area contributed by atoms with Gasteiger partial charge in [0.25, 0.3) is 5.89 Å². The zero-order valence-corrected chi connectivity index (χ0v) is 17.0. The van der Waals surface area contributed by atoms with Gasteiger partial charge in [0.05, 0.1) is 32.6 Å². The van der Waals surface area contributed by atoms with Gasteiger partial charge in [-0.15, -0.1) is 0 Å². The van der Waals surface area contributed by atoms with Crippen LogP contribution in [-0.4, -0.2) is 37.4 Å².